The summed E-state index contributed by atoms with van der Waals surface area (Å²) in [7, 11) is -0.423. The number of nitrogens with two attached hydrogens (primary N) is 1. The average molecular weight is 437 g/mol. The van der Waals surface area contributed by atoms with E-state index in [0.717, 1.165) is 36.7 Å². The van der Waals surface area contributed by atoms with E-state index in [1.165, 1.54) is 0 Å². The summed E-state index contributed by atoms with van der Waals surface area (Å²) in [5, 5.41) is 3.01. The SMILES string of the molecule is CCCC(CCC)(C(=O)Nc1ccc(N)cn1)c1ccc(B2OC(C)(C)C(C)(C)O2)cc1. The van der Waals surface area contributed by atoms with E-state index in [9.17, 15) is 4.79 Å². The van der Waals surface area contributed by atoms with E-state index in [1.807, 2.05) is 52.0 Å². The van der Waals surface area contributed by atoms with Crippen molar-refractivity contribution in [1.82, 2.24) is 4.98 Å². The molecule has 3 N–H and O–H groups in total. The molecule has 1 aromatic heterocycles. The van der Waals surface area contributed by atoms with Gasteiger partial charge in [0, 0.05) is 0 Å². The van der Waals surface area contributed by atoms with Crippen molar-refractivity contribution in [3.05, 3.63) is 48.2 Å². The molecule has 0 saturated carbocycles. The van der Waals surface area contributed by atoms with Crippen LogP contribution in [0, 0.1) is 0 Å². The summed E-state index contributed by atoms with van der Waals surface area (Å²) >= 11 is 0. The topological polar surface area (TPSA) is 86.5 Å². The van der Waals surface area contributed by atoms with Gasteiger partial charge in [-0.05, 0) is 63.7 Å². The Balaban J connectivity index is 1.90. The number of aromatic nitrogens is 1. The third kappa shape index (κ3) is 4.69. The molecule has 2 aromatic rings. The minimum absolute atomic E-state index is 0.0399. The maximum Gasteiger partial charge on any atom is 0.494 e. The van der Waals surface area contributed by atoms with Gasteiger partial charge < -0.3 is 20.4 Å². The fourth-order valence-electron chi connectivity index (χ4n) is 4.28. The Morgan fingerprint density at radius 2 is 1.56 bits per heavy atom. The van der Waals surface area contributed by atoms with Crippen LogP contribution in [0.4, 0.5) is 11.5 Å². The lowest BCUT2D eigenvalue weighted by molar-refractivity contribution is -0.122. The minimum Gasteiger partial charge on any atom is -0.399 e. The Labute approximate surface area is 192 Å². The minimum atomic E-state index is -0.638. The van der Waals surface area contributed by atoms with Crippen molar-refractivity contribution in [2.45, 2.75) is 83.8 Å². The lowest BCUT2D eigenvalue weighted by atomic mass is 9.70. The van der Waals surface area contributed by atoms with Gasteiger partial charge in [0.2, 0.25) is 5.91 Å². The van der Waals surface area contributed by atoms with Crippen molar-refractivity contribution >= 4 is 30.0 Å². The third-order valence-electron chi connectivity index (χ3n) is 6.80. The average Bonchev–Trinajstić information content (AvgIpc) is 2.96. The van der Waals surface area contributed by atoms with E-state index in [1.54, 1.807) is 18.3 Å². The van der Waals surface area contributed by atoms with Crippen molar-refractivity contribution in [3.8, 4) is 0 Å². The molecule has 7 heteroatoms. The van der Waals surface area contributed by atoms with Crippen LogP contribution in [0.2, 0.25) is 0 Å². The van der Waals surface area contributed by atoms with Crippen molar-refractivity contribution in [2.24, 2.45) is 0 Å². The van der Waals surface area contributed by atoms with Gasteiger partial charge in [-0.3, -0.25) is 4.79 Å². The normalized spacial score (nSPS) is 17.4. The summed E-state index contributed by atoms with van der Waals surface area (Å²) < 4.78 is 12.4. The Hall–Kier alpha value is -2.38. The van der Waals surface area contributed by atoms with E-state index >= 15 is 0 Å². The summed E-state index contributed by atoms with van der Waals surface area (Å²) in [6.45, 7) is 12.4. The van der Waals surface area contributed by atoms with Gasteiger partial charge in [-0.2, -0.15) is 0 Å². The quantitative estimate of drug-likeness (QED) is 0.597. The Kier molecular flexibility index (Phi) is 7.01. The van der Waals surface area contributed by atoms with E-state index in [-0.39, 0.29) is 5.91 Å². The Bertz CT molecular complexity index is 904. The van der Waals surface area contributed by atoms with Crippen LogP contribution in [0.15, 0.2) is 42.6 Å². The van der Waals surface area contributed by atoms with Crippen LogP contribution in [0.5, 0.6) is 0 Å². The van der Waals surface area contributed by atoms with Crippen molar-refractivity contribution < 1.29 is 14.1 Å². The number of hydrogen-bond acceptors (Lipinski definition) is 5. The zero-order valence-electron chi connectivity index (χ0n) is 20.2. The molecule has 0 spiro atoms. The number of carbonyl (C=O) groups is 1. The molecule has 1 amide bonds. The van der Waals surface area contributed by atoms with Gasteiger partial charge in [0.25, 0.3) is 0 Å². The number of amides is 1. The van der Waals surface area contributed by atoms with Gasteiger partial charge in [-0.1, -0.05) is 51.0 Å². The molecule has 2 heterocycles. The number of nitrogen functional groups attached to an aromatic ring is 1. The standard InChI is InChI=1S/C25H36BN3O3/c1-7-15-25(16-8-2,22(30)29-21-14-13-20(27)17-28-21)18-9-11-19(12-10-18)26-31-23(3,4)24(5,6)32-26/h9-14,17H,7-8,15-16,27H2,1-6H3,(H,28,29,30). The van der Waals surface area contributed by atoms with Gasteiger partial charge >= 0.3 is 7.12 Å². The molecule has 32 heavy (non-hydrogen) atoms. The van der Waals surface area contributed by atoms with Gasteiger partial charge in [0.05, 0.1) is 28.5 Å². The lowest BCUT2D eigenvalue weighted by Crippen LogP contribution is -2.41. The first kappa shape index (κ1) is 24.3. The second-order valence-electron chi connectivity index (χ2n) is 9.72. The number of anilines is 2. The predicted molar refractivity (Wildman–Crippen MR) is 131 cm³/mol. The van der Waals surface area contributed by atoms with Crippen LogP contribution in [0.3, 0.4) is 0 Å². The molecule has 1 aliphatic rings. The van der Waals surface area contributed by atoms with Crippen LogP contribution in [0.1, 0.15) is 72.8 Å². The fourth-order valence-corrected chi connectivity index (χ4v) is 4.28. The van der Waals surface area contributed by atoms with Crippen molar-refractivity contribution in [2.75, 3.05) is 11.1 Å². The van der Waals surface area contributed by atoms with Crippen LogP contribution in [-0.2, 0) is 19.5 Å². The van der Waals surface area contributed by atoms with Crippen LogP contribution in [0.25, 0.3) is 0 Å². The van der Waals surface area contributed by atoms with E-state index < -0.39 is 23.7 Å². The molecule has 3 rings (SSSR count). The smallest absolute Gasteiger partial charge is 0.399 e. The number of pyridine rings is 1. The molecule has 0 bridgehead atoms. The number of carbonyl (C=O) groups excluding carboxylic acids is 1. The van der Waals surface area contributed by atoms with Crippen LogP contribution >= 0.6 is 0 Å². The second kappa shape index (κ2) is 9.24. The molecule has 0 unspecified atom stereocenters. The molecule has 0 atom stereocenters. The van der Waals surface area contributed by atoms with Crippen molar-refractivity contribution in [1.29, 1.82) is 0 Å². The highest BCUT2D eigenvalue weighted by Gasteiger charge is 2.51. The molecule has 6 nitrogen and oxygen atoms in total. The molecule has 0 radical (unpaired) electrons. The molecular weight excluding hydrogens is 401 g/mol. The summed E-state index contributed by atoms with van der Waals surface area (Å²) in [6, 6.07) is 11.6. The second-order valence-corrected chi connectivity index (χ2v) is 9.72. The maximum atomic E-state index is 13.6. The first-order chi connectivity index (χ1) is 15.0. The molecule has 1 fully saturated rings. The largest absolute Gasteiger partial charge is 0.494 e. The predicted octanol–water partition coefficient (Wildman–Crippen LogP) is 4.44. The van der Waals surface area contributed by atoms with E-state index in [0.29, 0.717) is 11.5 Å². The van der Waals surface area contributed by atoms with Gasteiger partial charge in [-0.15, -0.1) is 0 Å². The first-order valence-corrected chi connectivity index (χ1v) is 11.5. The van der Waals surface area contributed by atoms with Crippen LogP contribution < -0.4 is 16.5 Å². The number of nitrogens with zero attached hydrogens (tertiary/aromatic N) is 1. The first-order valence-electron chi connectivity index (χ1n) is 11.5. The zero-order valence-corrected chi connectivity index (χ0v) is 20.2. The highest BCUT2D eigenvalue weighted by atomic mass is 16.7. The van der Waals surface area contributed by atoms with Crippen molar-refractivity contribution in [3.63, 3.8) is 0 Å². The Morgan fingerprint density at radius 1 is 1.00 bits per heavy atom. The fraction of sp³-hybridized carbons (Fsp3) is 0.520. The molecule has 1 aromatic carbocycles. The molecule has 172 valence electrons. The lowest BCUT2D eigenvalue weighted by Gasteiger charge is -2.33. The number of rotatable bonds is 8. The molecular formula is C25H36BN3O3. The Morgan fingerprint density at radius 3 is 2.03 bits per heavy atom. The molecule has 0 aliphatic carbocycles. The van der Waals surface area contributed by atoms with Crippen LogP contribution in [-0.4, -0.2) is 29.2 Å². The van der Waals surface area contributed by atoms with E-state index in [2.05, 4.69) is 24.1 Å². The highest BCUT2D eigenvalue weighted by molar-refractivity contribution is 6.62. The number of benzene rings is 1. The highest BCUT2D eigenvalue weighted by Crippen LogP contribution is 2.38. The zero-order chi connectivity index (χ0) is 23.6. The molecule has 1 saturated heterocycles. The monoisotopic (exact) mass is 437 g/mol. The van der Waals surface area contributed by atoms with Gasteiger partial charge in [-0.25, -0.2) is 4.98 Å². The summed E-state index contributed by atoms with van der Waals surface area (Å²) in [5.41, 5.74) is 6.82. The summed E-state index contributed by atoms with van der Waals surface area (Å²) in [4.78, 5) is 17.8. The number of nitrogens with one attached hydrogen (secondary N) is 1. The molecule has 1 aliphatic heterocycles. The van der Waals surface area contributed by atoms with Gasteiger partial charge in [0.1, 0.15) is 5.82 Å². The summed E-state index contributed by atoms with van der Waals surface area (Å²) in [5.74, 6) is 0.469. The van der Waals surface area contributed by atoms with E-state index in [4.69, 9.17) is 15.0 Å². The number of hydrogen-bond donors (Lipinski definition) is 2. The maximum absolute atomic E-state index is 13.6. The third-order valence-corrected chi connectivity index (χ3v) is 6.80. The van der Waals surface area contributed by atoms with Gasteiger partial charge in [0.15, 0.2) is 0 Å². The summed E-state index contributed by atoms with van der Waals surface area (Å²) in [6.07, 6.45) is 4.83.